The zero-order chi connectivity index (χ0) is 13.2. The van der Waals surface area contributed by atoms with Crippen molar-refractivity contribution in [2.24, 2.45) is 5.92 Å². The minimum absolute atomic E-state index is 0.532. The van der Waals surface area contributed by atoms with Crippen molar-refractivity contribution in [3.05, 3.63) is 18.3 Å². The van der Waals surface area contributed by atoms with E-state index in [1.807, 2.05) is 18.3 Å². The van der Waals surface area contributed by atoms with Crippen molar-refractivity contribution in [1.82, 2.24) is 4.98 Å². The fourth-order valence-electron chi connectivity index (χ4n) is 1.64. The van der Waals surface area contributed by atoms with Crippen molar-refractivity contribution >= 4 is 5.69 Å². The smallest absolute Gasteiger partial charge is 0.213 e. The number of ether oxygens (including phenoxy) is 2. The fraction of sp³-hybridized carbons (Fsp3) is 0.643. The molecule has 0 aromatic carbocycles. The summed E-state index contributed by atoms with van der Waals surface area (Å²) in [5, 5.41) is 3.40. The monoisotopic (exact) mass is 252 g/mol. The lowest BCUT2D eigenvalue weighted by molar-refractivity contribution is 0.144. The molecular weight excluding hydrogens is 228 g/mol. The molecule has 1 aromatic heterocycles. The third kappa shape index (κ3) is 5.36. The van der Waals surface area contributed by atoms with E-state index in [-0.39, 0.29) is 0 Å². The first kappa shape index (κ1) is 14.8. The molecule has 1 aromatic rings. The van der Waals surface area contributed by atoms with Crippen LogP contribution in [0.2, 0.25) is 0 Å². The van der Waals surface area contributed by atoms with E-state index in [0.717, 1.165) is 18.2 Å². The summed E-state index contributed by atoms with van der Waals surface area (Å²) in [6.45, 7) is 6.56. The van der Waals surface area contributed by atoms with Gasteiger partial charge in [0, 0.05) is 19.7 Å². The van der Waals surface area contributed by atoms with Crippen LogP contribution in [0.15, 0.2) is 18.3 Å². The molecule has 102 valence electrons. The molecule has 4 nitrogen and oxygen atoms in total. The SMILES string of the molecule is CCC(CC)CNc1ccc(OCCOC)nc1. The zero-order valence-corrected chi connectivity index (χ0v) is 11.6. The van der Waals surface area contributed by atoms with Crippen LogP contribution in [0, 0.1) is 5.92 Å². The van der Waals surface area contributed by atoms with Gasteiger partial charge in [-0.2, -0.15) is 0 Å². The quantitative estimate of drug-likeness (QED) is 0.686. The van der Waals surface area contributed by atoms with Gasteiger partial charge in [0.05, 0.1) is 18.5 Å². The summed E-state index contributed by atoms with van der Waals surface area (Å²) in [6, 6.07) is 3.88. The van der Waals surface area contributed by atoms with Crippen molar-refractivity contribution in [2.75, 3.05) is 32.2 Å². The topological polar surface area (TPSA) is 43.4 Å². The number of rotatable bonds is 9. The molecule has 0 aliphatic heterocycles. The largest absolute Gasteiger partial charge is 0.475 e. The molecule has 0 amide bonds. The maximum atomic E-state index is 5.41. The van der Waals surface area contributed by atoms with Crippen LogP contribution < -0.4 is 10.1 Å². The van der Waals surface area contributed by atoms with Crippen molar-refractivity contribution in [2.45, 2.75) is 26.7 Å². The molecular formula is C14H24N2O2. The highest BCUT2D eigenvalue weighted by Gasteiger charge is 2.03. The van der Waals surface area contributed by atoms with Gasteiger partial charge in [0.25, 0.3) is 0 Å². The molecule has 4 heteroatoms. The summed E-state index contributed by atoms with van der Waals surface area (Å²) in [5.74, 6) is 1.36. The molecule has 0 bridgehead atoms. The maximum Gasteiger partial charge on any atom is 0.213 e. The van der Waals surface area contributed by atoms with Crippen LogP contribution >= 0.6 is 0 Å². The Labute approximate surface area is 110 Å². The van der Waals surface area contributed by atoms with Gasteiger partial charge < -0.3 is 14.8 Å². The highest BCUT2D eigenvalue weighted by Crippen LogP contribution is 2.14. The maximum absolute atomic E-state index is 5.41. The molecule has 1 N–H and O–H groups in total. The number of pyridine rings is 1. The molecule has 0 fully saturated rings. The van der Waals surface area contributed by atoms with Gasteiger partial charge in [-0.25, -0.2) is 4.98 Å². The molecule has 0 unspecified atom stereocenters. The normalized spacial score (nSPS) is 10.7. The van der Waals surface area contributed by atoms with Gasteiger partial charge in [-0.3, -0.25) is 0 Å². The Kier molecular flexibility index (Phi) is 7.18. The Bertz CT molecular complexity index is 310. The second kappa shape index (κ2) is 8.75. The summed E-state index contributed by atoms with van der Waals surface area (Å²) < 4.78 is 10.3. The molecule has 0 aliphatic rings. The van der Waals surface area contributed by atoms with E-state index in [9.17, 15) is 0 Å². The van der Waals surface area contributed by atoms with Crippen molar-refractivity contribution in [1.29, 1.82) is 0 Å². The number of aromatic nitrogens is 1. The van der Waals surface area contributed by atoms with Crippen LogP contribution in [-0.2, 0) is 4.74 Å². The minimum Gasteiger partial charge on any atom is -0.475 e. The Morgan fingerprint density at radius 1 is 1.22 bits per heavy atom. The lowest BCUT2D eigenvalue weighted by Gasteiger charge is -2.14. The first-order valence-corrected chi connectivity index (χ1v) is 6.61. The van der Waals surface area contributed by atoms with Crippen molar-refractivity contribution < 1.29 is 9.47 Å². The highest BCUT2D eigenvalue weighted by atomic mass is 16.5. The first-order chi connectivity index (χ1) is 8.80. The average molecular weight is 252 g/mol. The summed E-state index contributed by atoms with van der Waals surface area (Å²) in [6.07, 6.45) is 4.22. The van der Waals surface area contributed by atoms with E-state index in [0.29, 0.717) is 19.1 Å². The van der Waals surface area contributed by atoms with Crippen LogP contribution in [-0.4, -0.2) is 31.9 Å². The third-order valence-corrected chi connectivity index (χ3v) is 3.02. The van der Waals surface area contributed by atoms with Gasteiger partial charge in [-0.05, 0) is 12.0 Å². The molecule has 18 heavy (non-hydrogen) atoms. The van der Waals surface area contributed by atoms with Crippen molar-refractivity contribution in [3.63, 3.8) is 0 Å². The van der Waals surface area contributed by atoms with Gasteiger partial charge in [0.15, 0.2) is 0 Å². The summed E-state index contributed by atoms with van der Waals surface area (Å²) in [4.78, 5) is 4.24. The van der Waals surface area contributed by atoms with E-state index >= 15 is 0 Å². The van der Waals surface area contributed by atoms with E-state index < -0.39 is 0 Å². The number of methoxy groups -OCH3 is 1. The summed E-state index contributed by atoms with van der Waals surface area (Å²) in [7, 11) is 1.65. The Balaban J connectivity index is 2.35. The van der Waals surface area contributed by atoms with Crippen LogP contribution in [0.4, 0.5) is 5.69 Å². The molecule has 0 aliphatic carbocycles. The molecule has 1 heterocycles. The van der Waals surface area contributed by atoms with E-state index in [2.05, 4.69) is 24.1 Å². The van der Waals surface area contributed by atoms with Crippen LogP contribution in [0.1, 0.15) is 26.7 Å². The van der Waals surface area contributed by atoms with Crippen LogP contribution in [0.25, 0.3) is 0 Å². The van der Waals surface area contributed by atoms with Crippen LogP contribution in [0.5, 0.6) is 5.88 Å². The Hall–Kier alpha value is -1.29. The predicted molar refractivity (Wildman–Crippen MR) is 74.2 cm³/mol. The average Bonchev–Trinajstić information content (AvgIpc) is 2.42. The van der Waals surface area contributed by atoms with E-state index in [1.165, 1.54) is 12.8 Å². The number of nitrogens with zero attached hydrogens (tertiary/aromatic N) is 1. The molecule has 0 saturated carbocycles. The molecule has 0 saturated heterocycles. The van der Waals surface area contributed by atoms with Gasteiger partial charge in [0.2, 0.25) is 5.88 Å². The summed E-state index contributed by atoms with van der Waals surface area (Å²) >= 11 is 0. The second-order valence-corrected chi connectivity index (χ2v) is 4.29. The molecule has 0 atom stereocenters. The molecule has 0 radical (unpaired) electrons. The fourth-order valence-corrected chi connectivity index (χ4v) is 1.64. The minimum atomic E-state index is 0.532. The predicted octanol–water partition coefficient (Wildman–Crippen LogP) is 2.95. The second-order valence-electron chi connectivity index (χ2n) is 4.29. The number of hydrogen-bond donors (Lipinski definition) is 1. The number of anilines is 1. The Morgan fingerprint density at radius 3 is 2.56 bits per heavy atom. The first-order valence-electron chi connectivity index (χ1n) is 6.61. The van der Waals surface area contributed by atoms with Gasteiger partial charge >= 0.3 is 0 Å². The lowest BCUT2D eigenvalue weighted by Crippen LogP contribution is -2.12. The number of hydrogen-bond acceptors (Lipinski definition) is 4. The Morgan fingerprint density at radius 2 is 2.00 bits per heavy atom. The third-order valence-electron chi connectivity index (χ3n) is 3.02. The van der Waals surface area contributed by atoms with Gasteiger partial charge in [-0.15, -0.1) is 0 Å². The van der Waals surface area contributed by atoms with Gasteiger partial charge in [0.1, 0.15) is 6.61 Å². The highest BCUT2D eigenvalue weighted by molar-refractivity contribution is 5.41. The van der Waals surface area contributed by atoms with Crippen LogP contribution in [0.3, 0.4) is 0 Å². The zero-order valence-electron chi connectivity index (χ0n) is 11.6. The standard InChI is InChI=1S/C14H24N2O2/c1-4-12(5-2)10-15-13-6-7-14(16-11-13)18-9-8-17-3/h6-7,11-12,15H,4-5,8-10H2,1-3H3. The van der Waals surface area contributed by atoms with Crippen molar-refractivity contribution in [3.8, 4) is 5.88 Å². The molecule has 0 spiro atoms. The van der Waals surface area contributed by atoms with E-state index in [1.54, 1.807) is 7.11 Å². The molecule has 1 rings (SSSR count). The lowest BCUT2D eigenvalue weighted by atomic mass is 10.0. The number of nitrogens with one attached hydrogen (secondary N) is 1. The van der Waals surface area contributed by atoms with Gasteiger partial charge in [-0.1, -0.05) is 26.7 Å². The summed E-state index contributed by atoms with van der Waals surface area (Å²) in [5.41, 5.74) is 1.04. The van der Waals surface area contributed by atoms with E-state index in [4.69, 9.17) is 9.47 Å².